The Morgan fingerprint density at radius 1 is 1.35 bits per heavy atom. The first-order chi connectivity index (χ1) is 9.60. The zero-order chi connectivity index (χ0) is 14.8. The molecule has 0 bridgehead atoms. The van der Waals surface area contributed by atoms with Crippen LogP contribution < -0.4 is 0 Å². The van der Waals surface area contributed by atoms with Crippen LogP contribution in [-0.2, 0) is 16.8 Å². The molecule has 0 unspecified atom stereocenters. The van der Waals surface area contributed by atoms with Crippen molar-refractivity contribution in [1.29, 1.82) is 0 Å². The van der Waals surface area contributed by atoms with Crippen LogP contribution in [0.1, 0.15) is 25.3 Å². The van der Waals surface area contributed by atoms with Crippen LogP contribution in [0.3, 0.4) is 0 Å². The summed E-state index contributed by atoms with van der Waals surface area (Å²) in [5.74, 6) is 0. The standard InChI is InChI=1S/C13H18N4O2S/c1-2-3-4-8-11-17(20(18,19)16-15-14)12-13-9-6-5-7-10-13/h2-3,5-7,9-10H,4,8,11-12H2,1H3/b3-2+. The average molecular weight is 294 g/mol. The van der Waals surface area contributed by atoms with Gasteiger partial charge in [0.15, 0.2) is 0 Å². The second kappa shape index (κ2) is 8.37. The second-order valence-electron chi connectivity index (χ2n) is 4.18. The van der Waals surface area contributed by atoms with Crippen LogP contribution in [0.15, 0.2) is 47.0 Å². The lowest BCUT2D eigenvalue weighted by Gasteiger charge is -2.18. The first-order valence-corrected chi connectivity index (χ1v) is 7.71. The topological polar surface area (TPSA) is 86.1 Å². The highest BCUT2D eigenvalue weighted by molar-refractivity contribution is 7.87. The predicted octanol–water partition coefficient (Wildman–Crippen LogP) is 3.40. The molecule has 1 rings (SSSR count). The molecule has 7 heteroatoms. The second-order valence-corrected chi connectivity index (χ2v) is 5.75. The summed E-state index contributed by atoms with van der Waals surface area (Å²) in [5, 5.41) is 0. The molecule has 0 amide bonds. The van der Waals surface area contributed by atoms with E-state index in [1.807, 2.05) is 49.4 Å². The van der Waals surface area contributed by atoms with Crippen LogP contribution in [-0.4, -0.2) is 19.3 Å². The molecule has 0 fully saturated rings. The molecule has 0 heterocycles. The van der Waals surface area contributed by atoms with E-state index in [-0.39, 0.29) is 6.54 Å². The molecule has 0 spiro atoms. The van der Waals surface area contributed by atoms with Gasteiger partial charge < -0.3 is 0 Å². The van der Waals surface area contributed by atoms with Crippen molar-refractivity contribution in [3.63, 3.8) is 0 Å². The van der Waals surface area contributed by atoms with Gasteiger partial charge in [0.25, 0.3) is 0 Å². The summed E-state index contributed by atoms with van der Waals surface area (Å²) in [7, 11) is -3.94. The SMILES string of the molecule is C/C=C/CCCN(Cc1ccccc1)S(=O)(=O)N=[N+]=[N-]. The smallest absolute Gasteiger partial charge is 0.204 e. The number of benzene rings is 1. The maximum absolute atomic E-state index is 11.9. The lowest BCUT2D eigenvalue weighted by Crippen LogP contribution is -2.29. The summed E-state index contributed by atoms with van der Waals surface area (Å²) >= 11 is 0. The maximum atomic E-state index is 11.9. The van der Waals surface area contributed by atoms with Gasteiger partial charge in [-0.05, 0) is 30.9 Å². The number of rotatable bonds is 8. The van der Waals surface area contributed by atoms with Crippen LogP contribution in [0.4, 0.5) is 0 Å². The largest absolute Gasteiger partial charge is 0.302 e. The molecular formula is C13H18N4O2S. The van der Waals surface area contributed by atoms with Crippen molar-refractivity contribution < 1.29 is 8.42 Å². The highest BCUT2D eigenvalue weighted by Crippen LogP contribution is 2.12. The Morgan fingerprint density at radius 3 is 2.65 bits per heavy atom. The molecule has 0 atom stereocenters. The summed E-state index contributed by atoms with van der Waals surface area (Å²) < 4.78 is 27.9. The molecule has 0 aromatic heterocycles. The van der Waals surface area contributed by atoms with Gasteiger partial charge in [0.1, 0.15) is 0 Å². The lowest BCUT2D eigenvalue weighted by atomic mass is 10.2. The number of azide groups is 1. The Kier molecular flexibility index (Phi) is 6.79. The first kappa shape index (κ1) is 16.2. The monoisotopic (exact) mass is 294 g/mol. The maximum Gasteiger partial charge on any atom is 0.302 e. The molecule has 0 N–H and O–H groups in total. The number of hydrogen-bond acceptors (Lipinski definition) is 2. The highest BCUT2D eigenvalue weighted by atomic mass is 32.2. The molecule has 0 radical (unpaired) electrons. The molecule has 1 aromatic carbocycles. The molecule has 0 saturated heterocycles. The van der Waals surface area contributed by atoms with E-state index in [0.29, 0.717) is 13.0 Å². The highest BCUT2D eigenvalue weighted by Gasteiger charge is 2.20. The Bertz CT molecular complexity index is 578. The summed E-state index contributed by atoms with van der Waals surface area (Å²) in [6.45, 7) is 2.44. The van der Waals surface area contributed by atoms with Crippen LogP contribution in [0, 0.1) is 0 Å². The lowest BCUT2D eigenvalue weighted by molar-refractivity contribution is 0.401. The van der Waals surface area contributed by atoms with Gasteiger partial charge in [-0.15, -0.1) is 0 Å². The van der Waals surface area contributed by atoms with E-state index < -0.39 is 10.2 Å². The van der Waals surface area contributed by atoms with Crippen molar-refractivity contribution in [3.05, 3.63) is 58.5 Å². The number of nitrogens with zero attached hydrogens (tertiary/aromatic N) is 4. The third-order valence-electron chi connectivity index (χ3n) is 2.68. The minimum atomic E-state index is -3.94. The number of unbranched alkanes of at least 4 members (excludes halogenated alkanes) is 1. The van der Waals surface area contributed by atoms with Crippen molar-refractivity contribution in [2.75, 3.05) is 6.54 Å². The normalized spacial score (nSPS) is 11.7. The minimum absolute atomic E-state index is 0.206. The molecule has 6 nitrogen and oxygen atoms in total. The molecule has 1 aromatic rings. The Balaban J connectivity index is 2.81. The van der Waals surface area contributed by atoms with E-state index in [4.69, 9.17) is 5.53 Å². The summed E-state index contributed by atoms with van der Waals surface area (Å²) in [5.41, 5.74) is 9.22. The van der Waals surface area contributed by atoms with Gasteiger partial charge >= 0.3 is 10.2 Å². The van der Waals surface area contributed by atoms with Crippen molar-refractivity contribution in [3.8, 4) is 0 Å². The number of hydrogen-bond donors (Lipinski definition) is 0. The van der Waals surface area contributed by atoms with E-state index in [1.54, 1.807) is 0 Å². The molecule has 20 heavy (non-hydrogen) atoms. The molecule has 0 aliphatic carbocycles. The third kappa shape index (κ3) is 5.44. The van der Waals surface area contributed by atoms with Gasteiger partial charge in [0.05, 0.1) is 0 Å². The molecular weight excluding hydrogens is 276 g/mol. The van der Waals surface area contributed by atoms with Crippen molar-refractivity contribution >= 4 is 10.2 Å². The summed E-state index contributed by atoms with van der Waals surface area (Å²) in [6, 6.07) is 9.22. The zero-order valence-electron chi connectivity index (χ0n) is 11.4. The van der Waals surface area contributed by atoms with Crippen LogP contribution >= 0.6 is 0 Å². The van der Waals surface area contributed by atoms with Gasteiger partial charge in [0.2, 0.25) is 0 Å². The third-order valence-corrected chi connectivity index (χ3v) is 3.93. The van der Waals surface area contributed by atoms with Crippen molar-refractivity contribution in [1.82, 2.24) is 4.31 Å². The Hall–Kier alpha value is -1.82. The molecule has 0 saturated carbocycles. The fourth-order valence-electron chi connectivity index (χ4n) is 1.71. The summed E-state index contributed by atoms with van der Waals surface area (Å²) in [6.07, 6.45) is 5.36. The Morgan fingerprint density at radius 2 is 2.05 bits per heavy atom. The quantitative estimate of drug-likeness (QED) is 0.242. The fourth-order valence-corrected chi connectivity index (χ4v) is 2.58. The van der Waals surface area contributed by atoms with Crippen LogP contribution in [0.5, 0.6) is 0 Å². The van der Waals surface area contributed by atoms with Gasteiger partial charge in [-0.3, -0.25) is 0 Å². The van der Waals surface area contributed by atoms with Gasteiger partial charge in [-0.1, -0.05) is 42.5 Å². The van der Waals surface area contributed by atoms with Crippen molar-refractivity contribution in [2.45, 2.75) is 26.3 Å². The minimum Gasteiger partial charge on any atom is -0.204 e. The number of allylic oxidation sites excluding steroid dienone is 2. The van der Waals surface area contributed by atoms with E-state index in [0.717, 1.165) is 12.0 Å². The predicted molar refractivity (Wildman–Crippen MR) is 79.0 cm³/mol. The van der Waals surface area contributed by atoms with E-state index >= 15 is 0 Å². The van der Waals surface area contributed by atoms with E-state index in [2.05, 4.69) is 9.43 Å². The van der Waals surface area contributed by atoms with E-state index in [1.165, 1.54) is 4.31 Å². The average Bonchev–Trinajstić information content (AvgIpc) is 2.43. The van der Waals surface area contributed by atoms with Crippen LogP contribution in [0.2, 0.25) is 0 Å². The zero-order valence-corrected chi connectivity index (χ0v) is 12.2. The first-order valence-electron chi connectivity index (χ1n) is 6.31. The fraction of sp³-hybridized carbons (Fsp3) is 0.385. The van der Waals surface area contributed by atoms with Gasteiger partial charge in [0, 0.05) is 22.5 Å². The molecule has 0 aliphatic rings. The van der Waals surface area contributed by atoms with Gasteiger partial charge in [-0.2, -0.15) is 4.31 Å². The van der Waals surface area contributed by atoms with Crippen molar-refractivity contribution in [2.24, 2.45) is 4.52 Å². The van der Waals surface area contributed by atoms with Crippen LogP contribution in [0.25, 0.3) is 10.4 Å². The Labute approximate surface area is 119 Å². The summed E-state index contributed by atoms with van der Waals surface area (Å²) in [4.78, 5) is 2.40. The van der Waals surface area contributed by atoms with E-state index in [9.17, 15) is 8.42 Å². The van der Waals surface area contributed by atoms with Gasteiger partial charge in [-0.25, -0.2) is 8.42 Å². The molecule has 0 aliphatic heterocycles. The molecule has 108 valence electrons.